The maximum atomic E-state index is 12.1. The third kappa shape index (κ3) is 4.41. The summed E-state index contributed by atoms with van der Waals surface area (Å²) in [6.07, 6.45) is 2.00. The van der Waals surface area contributed by atoms with E-state index in [1.165, 1.54) is 12.1 Å². The summed E-state index contributed by atoms with van der Waals surface area (Å²) < 4.78 is 0. The van der Waals surface area contributed by atoms with Gasteiger partial charge in [0.15, 0.2) is 0 Å². The minimum atomic E-state index is -0.542. The Morgan fingerprint density at radius 2 is 2.20 bits per heavy atom. The van der Waals surface area contributed by atoms with Crippen LogP contribution in [-0.2, 0) is 0 Å². The predicted molar refractivity (Wildman–Crippen MR) is 82.5 cm³/mol. The van der Waals surface area contributed by atoms with Gasteiger partial charge in [0, 0.05) is 25.3 Å². The van der Waals surface area contributed by atoms with Crippen molar-refractivity contribution in [3.05, 3.63) is 33.9 Å². The van der Waals surface area contributed by atoms with Crippen LogP contribution < -0.4 is 10.6 Å². The Morgan fingerprint density at radius 1 is 1.50 bits per heavy atom. The van der Waals surface area contributed by atoms with Crippen molar-refractivity contribution in [1.82, 2.24) is 5.32 Å². The summed E-state index contributed by atoms with van der Waals surface area (Å²) in [5, 5.41) is 16.6. The van der Waals surface area contributed by atoms with Gasteiger partial charge in [-0.05, 0) is 30.1 Å². The number of carbonyl (C=O) groups is 1. The van der Waals surface area contributed by atoms with Crippen LogP contribution >= 0.6 is 11.8 Å². The van der Waals surface area contributed by atoms with Crippen LogP contribution in [0, 0.1) is 16.0 Å². The summed E-state index contributed by atoms with van der Waals surface area (Å²) in [5.74, 6) is 0.834. The molecule has 1 rings (SSSR count). The summed E-state index contributed by atoms with van der Waals surface area (Å²) in [4.78, 5) is 22.5. The predicted octanol–water partition coefficient (Wildman–Crippen LogP) is 2.37. The normalized spacial score (nSPS) is 11.8. The number of carbonyl (C=O) groups excluding carboxylic acids is 1. The molecular weight excluding hydrogens is 278 g/mol. The van der Waals surface area contributed by atoms with Crippen molar-refractivity contribution in [3.63, 3.8) is 0 Å². The van der Waals surface area contributed by atoms with Crippen molar-refractivity contribution in [3.8, 4) is 0 Å². The number of nitrogens with zero attached hydrogens (tertiary/aromatic N) is 1. The zero-order chi connectivity index (χ0) is 15.1. The molecule has 0 aliphatic heterocycles. The number of nitro benzene ring substituents is 1. The zero-order valence-corrected chi connectivity index (χ0v) is 12.6. The zero-order valence-electron chi connectivity index (χ0n) is 11.8. The number of benzene rings is 1. The van der Waals surface area contributed by atoms with Gasteiger partial charge in [0.25, 0.3) is 11.6 Å². The highest BCUT2D eigenvalue weighted by molar-refractivity contribution is 7.98. The molecule has 7 heteroatoms. The molecule has 1 amide bonds. The number of hydrogen-bond donors (Lipinski definition) is 2. The van der Waals surface area contributed by atoms with Crippen molar-refractivity contribution in [1.29, 1.82) is 0 Å². The van der Waals surface area contributed by atoms with E-state index in [-0.39, 0.29) is 11.3 Å². The lowest BCUT2D eigenvalue weighted by atomic mass is 10.1. The van der Waals surface area contributed by atoms with Gasteiger partial charge in [-0.2, -0.15) is 11.8 Å². The lowest BCUT2D eigenvalue weighted by Crippen LogP contribution is -2.29. The Kier molecular flexibility index (Phi) is 6.30. The van der Waals surface area contributed by atoms with E-state index < -0.39 is 10.8 Å². The van der Waals surface area contributed by atoms with Gasteiger partial charge >= 0.3 is 0 Å². The molecule has 1 aromatic rings. The van der Waals surface area contributed by atoms with Gasteiger partial charge in [-0.15, -0.1) is 0 Å². The molecule has 110 valence electrons. The molecule has 0 saturated heterocycles. The highest BCUT2D eigenvalue weighted by Crippen LogP contribution is 2.22. The van der Waals surface area contributed by atoms with E-state index in [2.05, 4.69) is 10.6 Å². The lowest BCUT2D eigenvalue weighted by molar-refractivity contribution is -0.385. The van der Waals surface area contributed by atoms with Crippen molar-refractivity contribution in [2.45, 2.75) is 6.92 Å². The molecule has 0 saturated carbocycles. The van der Waals surface area contributed by atoms with Crippen LogP contribution in [0.1, 0.15) is 17.3 Å². The van der Waals surface area contributed by atoms with Gasteiger partial charge in [0.05, 0.1) is 4.92 Å². The maximum absolute atomic E-state index is 12.1. The summed E-state index contributed by atoms with van der Waals surface area (Å²) in [6, 6.07) is 4.41. The van der Waals surface area contributed by atoms with E-state index in [0.717, 1.165) is 5.75 Å². The second-order valence-electron chi connectivity index (χ2n) is 4.51. The van der Waals surface area contributed by atoms with Crippen molar-refractivity contribution >= 4 is 29.0 Å². The molecule has 6 nitrogen and oxygen atoms in total. The Morgan fingerprint density at radius 3 is 2.75 bits per heavy atom. The molecule has 1 unspecified atom stereocenters. The van der Waals surface area contributed by atoms with Crippen molar-refractivity contribution < 1.29 is 9.72 Å². The number of hydrogen-bond acceptors (Lipinski definition) is 5. The monoisotopic (exact) mass is 297 g/mol. The molecule has 1 aromatic carbocycles. The molecule has 2 N–H and O–H groups in total. The second-order valence-corrected chi connectivity index (χ2v) is 5.42. The van der Waals surface area contributed by atoms with Crippen LogP contribution in [-0.4, -0.2) is 36.4 Å². The molecule has 0 aliphatic carbocycles. The minimum absolute atomic E-state index is 0.0817. The van der Waals surface area contributed by atoms with E-state index in [4.69, 9.17) is 0 Å². The molecule has 1 atom stereocenters. The van der Waals surface area contributed by atoms with E-state index in [0.29, 0.717) is 18.2 Å². The van der Waals surface area contributed by atoms with Crippen LogP contribution in [0.15, 0.2) is 18.2 Å². The molecule has 0 heterocycles. The standard InChI is InChI=1S/C13H19N3O3S/c1-9(8-20-3)7-15-13(17)11-6-10(14-2)4-5-12(11)16(18)19/h4-6,9,14H,7-8H2,1-3H3,(H,15,17). The molecule has 0 aliphatic rings. The lowest BCUT2D eigenvalue weighted by Gasteiger charge is -2.12. The number of anilines is 1. The molecule has 0 radical (unpaired) electrons. The largest absolute Gasteiger partial charge is 0.388 e. The topological polar surface area (TPSA) is 84.3 Å². The first-order valence-electron chi connectivity index (χ1n) is 6.23. The average molecular weight is 297 g/mol. The van der Waals surface area contributed by atoms with Crippen molar-refractivity contribution in [2.75, 3.05) is 30.9 Å². The first kappa shape index (κ1) is 16.3. The number of nitrogens with one attached hydrogen (secondary N) is 2. The van der Waals surface area contributed by atoms with Crippen LogP contribution in [0.5, 0.6) is 0 Å². The minimum Gasteiger partial charge on any atom is -0.388 e. The van der Waals surface area contributed by atoms with Gasteiger partial charge in [0.2, 0.25) is 0 Å². The van der Waals surface area contributed by atoms with E-state index in [1.54, 1.807) is 24.9 Å². The van der Waals surface area contributed by atoms with Crippen molar-refractivity contribution in [2.24, 2.45) is 5.92 Å². The Balaban J connectivity index is 2.87. The van der Waals surface area contributed by atoms with Gasteiger partial charge < -0.3 is 10.6 Å². The quantitative estimate of drug-likeness (QED) is 0.596. The van der Waals surface area contributed by atoms with E-state index >= 15 is 0 Å². The molecule has 20 heavy (non-hydrogen) atoms. The Hall–Kier alpha value is -1.76. The third-order valence-electron chi connectivity index (χ3n) is 2.79. The number of thioether (sulfide) groups is 1. The molecular formula is C13H19N3O3S. The fraction of sp³-hybridized carbons (Fsp3) is 0.462. The smallest absolute Gasteiger partial charge is 0.282 e. The molecule has 0 aromatic heterocycles. The SMILES string of the molecule is CNc1ccc([N+](=O)[O-])c(C(=O)NCC(C)CSC)c1. The van der Waals surface area contributed by atoms with Crippen LogP contribution in [0.2, 0.25) is 0 Å². The summed E-state index contributed by atoms with van der Waals surface area (Å²) in [7, 11) is 1.70. The summed E-state index contributed by atoms with van der Waals surface area (Å²) in [6.45, 7) is 2.52. The molecule has 0 fully saturated rings. The Bertz CT molecular complexity index is 494. The summed E-state index contributed by atoms with van der Waals surface area (Å²) >= 11 is 1.70. The average Bonchev–Trinajstić information content (AvgIpc) is 2.44. The fourth-order valence-electron chi connectivity index (χ4n) is 1.74. The van der Waals surface area contributed by atoms with Crippen LogP contribution in [0.3, 0.4) is 0 Å². The van der Waals surface area contributed by atoms with Gasteiger partial charge in [-0.3, -0.25) is 14.9 Å². The third-order valence-corrected chi connectivity index (χ3v) is 3.69. The first-order chi connectivity index (χ1) is 9.49. The van der Waals surface area contributed by atoms with E-state index in [9.17, 15) is 14.9 Å². The number of amides is 1. The van der Waals surface area contributed by atoms with Crippen LogP contribution in [0.4, 0.5) is 11.4 Å². The molecule has 0 bridgehead atoms. The Labute approximate surface area is 122 Å². The highest BCUT2D eigenvalue weighted by Gasteiger charge is 2.20. The fourth-order valence-corrected chi connectivity index (χ4v) is 2.43. The maximum Gasteiger partial charge on any atom is 0.282 e. The van der Waals surface area contributed by atoms with E-state index in [1.807, 2.05) is 13.2 Å². The first-order valence-corrected chi connectivity index (χ1v) is 7.62. The second kappa shape index (κ2) is 7.74. The van der Waals surface area contributed by atoms with Gasteiger partial charge in [0.1, 0.15) is 5.56 Å². The van der Waals surface area contributed by atoms with Gasteiger partial charge in [-0.1, -0.05) is 6.92 Å². The number of rotatable bonds is 7. The highest BCUT2D eigenvalue weighted by atomic mass is 32.2. The van der Waals surface area contributed by atoms with Crippen LogP contribution in [0.25, 0.3) is 0 Å². The van der Waals surface area contributed by atoms with Gasteiger partial charge in [-0.25, -0.2) is 0 Å². The number of nitro groups is 1. The molecule has 0 spiro atoms. The summed E-state index contributed by atoms with van der Waals surface area (Å²) in [5.41, 5.74) is 0.565.